The number of halogens is 6. The predicted molar refractivity (Wildman–Crippen MR) is 152 cm³/mol. The lowest BCUT2D eigenvalue weighted by atomic mass is 9.85. The second-order valence-electron chi connectivity index (χ2n) is 10.7. The van der Waals surface area contributed by atoms with Crippen LogP contribution in [-0.4, -0.2) is 64.2 Å². The second kappa shape index (κ2) is 11.8. The molecule has 1 spiro atoms. The Bertz CT molecular complexity index is 1670. The predicted octanol–water partition coefficient (Wildman–Crippen LogP) is 5.90. The highest BCUT2D eigenvalue weighted by Crippen LogP contribution is 2.37. The molecule has 2 aliphatic rings. The zero-order chi connectivity index (χ0) is 31.1. The summed E-state index contributed by atoms with van der Waals surface area (Å²) in [5.74, 6) is -2.27. The van der Waals surface area contributed by atoms with E-state index in [0.717, 1.165) is 24.3 Å². The second-order valence-corrected chi connectivity index (χ2v) is 11.1. The largest absolute Gasteiger partial charge is 0.416 e. The highest BCUT2D eigenvalue weighted by Gasteiger charge is 2.43. The van der Waals surface area contributed by atoms with E-state index in [-0.39, 0.29) is 29.0 Å². The molecule has 4 heterocycles. The number of carbonyl (C=O) groups is 1. The van der Waals surface area contributed by atoms with Gasteiger partial charge in [-0.05, 0) is 61.4 Å². The number of likely N-dealkylation sites (tertiary alicyclic amines) is 1. The number of pyridine rings is 1. The van der Waals surface area contributed by atoms with Crippen molar-refractivity contribution in [1.29, 1.82) is 0 Å². The molecule has 14 heteroatoms. The Balaban J connectivity index is 1.29. The number of anilines is 1. The van der Waals surface area contributed by atoms with Gasteiger partial charge in [-0.1, -0.05) is 11.6 Å². The van der Waals surface area contributed by atoms with Crippen molar-refractivity contribution in [3.63, 3.8) is 0 Å². The van der Waals surface area contributed by atoms with Gasteiger partial charge in [-0.15, -0.1) is 0 Å². The summed E-state index contributed by atoms with van der Waals surface area (Å²) < 4.78 is 74.8. The summed E-state index contributed by atoms with van der Waals surface area (Å²) in [6.07, 6.45) is -0.511. The van der Waals surface area contributed by atoms with Crippen molar-refractivity contribution in [3.8, 4) is 16.9 Å². The quantitative estimate of drug-likeness (QED) is 0.283. The van der Waals surface area contributed by atoms with E-state index >= 15 is 0 Å². The maximum atomic E-state index is 14.1. The summed E-state index contributed by atoms with van der Waals surface area (Å²) >= 11 is 6.31. The summed E-state index contributed by atoms with van der Waals surface area (Å²) in [6.45, 7) is 1.57. The molecule has 0 bridgehead atoms. The smallest absolute Gasteiger partial charge is 0.364 e. The molecule has 2 aliphatic heterocycles. The van der Waals surface area contributed by atoms with Gasteiger partial charge in [0.1, 0.15) is 0 Å². The summed E-state index contributed by atoms with van der Waals surface area (Å²) in [7, 11) is 0. The molecule has 2 fully saturated rings. The Morgan fingerprint density at radius 1 is 1.02 bits per heavy atom. The van der Waals surface area contributed by atoms with Crippen molar-refractivity contribution in [3.05, 3.63) is 94.9 Å². The lowest BCUT2D eigenvalue weighted by molar-refractivity contribution is -0.137. The zero-order valence-corrected chi connectivity index (χ0v) is 23.9. The Kier molecular flexibility index (Phi) is 8.03. The molecule has 4 aromatic rings. The number of aromatic nitrogens is 3. The van der Waals surface area contributed by atoms with Gasteiger partial charge in [-0.2, -0.15) is 18.3 Å². The standard InChI is InChI=1S/C30H26ClF5N6O2/c31-22-12-20(30(34,35)36)3-6-26(22)42-27(19-2-1-9-37-15-19)14-25(39-42)28(43)40-10-7-29(8-11-40)16-44-18-38-17-41(29)21-4-5-23(32)24(33)13-21/h1-6,9,12-15,38H,7-8,10-11,16-18H2. The molecule has 1 amide bonds. The molecule has 0 unspecified atom stereocenters. The molecular weight excluding hydrogens is 607 g/mol. The van der Waals surface area contributed by atoms with Crippen LogP contribution in [-0.2, 0) is 10.9 Å². The number of piperidine rings is 1. The maximum absolute atomic E-state index is 14.1. The van der Waals surface area contributed by atoms with E-state index < -0.39 is 28.9 Å². The SMILES string of the molecule is O=C(c1cc(-c2cccnc2)n(-c2ccc(C(F)(F)F)cc2Cl)n1)N1CCC2(CC1)COCNCN2c1ccc(F)c(F)c1. The number of hydrogen-bond acceptors (Lipinski definition) is 6. The molecule has 230 valence electrons. The molecule has 8 nitrogen and oxygen atoms in total. The molecule has 0 atom stereocenters. The van der Waals surface area contributed by atoms with Crippen molar-refractivity contribution in [2.45, 2.75) is 24.6 Å². The number of rotatable bonds is 4. The van der Waals surface area contributed by atoms with Crippen LogP contribution in [0.3, 0.4) is 0 Å². The first-order valence-corrected chi connectivity index (χ1v) is 14.1. The molecule has 1 N–H and O–H groups in total. The van der Waals surface area contributed by atoms with E-state index in [0.29, 0.717) is 56.2 Å². The van der Waals surface area contributed by atoms with E-state index in [9.17, 15) is 26.7 Å². The summed E-state index contributed by atoms with van der Waals surface area (Å²) in [5.41, 5.74) is 0.248. The van der Waals surface area contributed by atoms with Crippen LogP contribution in [0, 0.1) is 11.6 Å². The molecule has 2 saturated heterocycles. The number of hydrogen-bond donors (Lipinski definition) is 1. The van der Waals surface area contributed by atoms with E-state index in [1.165, 1.54) is 16.8 Å². The zero-order valence-electron chi connectivity index (χ0n) is 23.1. The number of carbonyl (C=O) groups excluding carboxylic acids is 1. The first-order chi connectivity index (χ1) is 21.1. The molecular formula is C30H26ClF5N6O2. The fraction of sp³-hybridized carbons (Fsp3) is 0.300. The third-order valence-electron chi connectivity index (χ3n) is 8.00. The van der Waals surface area contributed by atoms with Crippen molar-refractivity contribution in [1.82, 2.24) is 25.0 Å². The van der Waals surface area contributed by atoms with Crippen molar-refractivity contribution >= 4 is 23.2 Å². The minimum absolute atomic E-state index is 0.0759. The topological polar surface area (TPSA) is 75.5 Å². The number of ether oxygens (including phenoxy) is 1. The van der Waals surface area contributed by atoms with E-state index in [1.807, 2.05) is 4.90 Å². The Morgan fingerprint density at radius 2 is 1.82 bits per heavy atom. The number of amides is 1. The van der Waals surface area contributed by atoms with Crippen LogP contribution in [0.5, 0.6) is 0 Å². The average Bonchev–Trinajstić information content (AvgIpc) is 3.35. The molecule has 2 aromatic carbocycles. The van der Waals surface area contributed by atoms with E-state index in [1.54, 1.807) is 35.5 Å². The lowest BCUT2D eigenvalue weighted by Crippen LogP contribution is -2.59. The summed E-state index contributed by atoms with van der Waals surface area (Å²) in [6, 6.07) is 11.7. The number of alkyl halides is 3. The third-order valence-corrected chi connectivity index (χ3v) is 8.31. The Hall–Kier alpha value is -4.07. The summed E-state index contributed by atoms with van der Waals surface area (Å²) in [5, 5.41) is 7.44. The van der Waals surface area contributed by atoms with Crippen molar-refractivity contribution in [2.24, 2.45) is 0 Å². The average molecular weight is 633 g/mol. The summed E-state index contributed by atoms with van der Waals surface area (Å²) in [4.78, 5) is 21.5. The molecule has 0 aliphatic carbocycles. The van der Waals surface area contributed by atoms with Crippen LogP contribution >= 0.6 is 11.6 Å². The van der Waals surface area contributed by atoms with Crippen LogP contribution in [0.4, 0.5) is 27.6 Å². The van der Waals surface area contributed by atoms with Gasteiger partial charge in [0, 0.05) is 42.8 Å². The highest BCUT2D eigenvalue weighted by molar-refractivity contribution is 6.32. The number of nitrogens with zero attached hydrogens (tertiary/aromatic N) is 5. The van der Waals surface area contributed by atoms with Crippen LogP contribution in [0.25, 0.3) is 16.9 Å². The van der Waals surface area contributed by atoms with Gasteiger partial charge < -0.3 is 14.5 Å². The fourth-order valence-corrected chi connectivity index (χ4v) is 5.94. The van der Waals surface area contributed by atoms with Crippen LogP contribution < -0.4 is 10.2 Å². The first kappa shape index (κ1) is 30.0. The van der Waals surface area contributed by atoms with Crippen LogP contribution in [0.2, 0.25) is 5.02 Å². The number of benzene rings is 2. The minimum Gasteiger partial charge on any atom is -0.364 e. The molecule has 2 aromatic heterocycles. The fourth-order valence-electron chi connectivity index (χ4n) is 5.68. The molecule has 6 rings (SSSR count). The minimum atomic E-state index is -4.58. The van der Waals surface area contributed by atoms with Gasteiger partial charge >= 0.3 is 6.18 Å². The highest BCUT2D eigenvalue weighted by atomic mass is 35.5. The Labute approximate surface area is 254 Å². The van der Waals surface area contributed by atoms with Gasteiger partial charge in [0.05, 0.1) is 47.5 Å². The van der Waals surface area contributed by atoms with Gasteiger partial charge in [0.25, 0.3) is 5.91 Å². The van der Waals surface area contributed by atoms with Crippen molar-refractivity contribution < 1.29 is 31.5 Å². The Morgan fingerprint density at radius 3 is 2.50 bits per heavy atom. The van der Waals surface area contributed by atoms with Gasteiger partial charge in [-0.3, -0.25) is 15.1 Å². The van der Waals surface area contributed by atoms with Gasteiger partial charge in [0.15, 0.2) is 17.3 Å². The normalized spacial score (nSPS) is 17.1. The van der Waals surface area contributed by atoms with E-state index in [2.05, 4.69) is 15.4 Å². The molecule has 0 radical (unpaired) electrons. The first-order valence-electron chi connectivity index (χ1n) is 13.7. The van der Waals surface area contributed by atoms with Crippen LogP contribution in [0.15, 0.2) is 67.0 Å². The van der Waals surface area contributed by atoms with Crippen molar-refractivity contribution in [2.75, 3.05) is 38.0 Å². The molecule has 0 saturated carbocycles. The van der Waals surface area contributed by atoms with Gasteiger partial charge in [0.2, 0.25) is 0 Å². The third kappa shape index (κ3) is 5.74. The van der Waals surface area contributed by atoms with Gasteiger partial charge in [-0.25, -0.2) is 13.5 Å². The lowest BCUT2D eigenvalue weighted by Gasteiger charge is -2.48. The monoisotopic (exact) mass is 632 g/mol. The molecule has 44 heavy (non-hydrogen) atoms. The number of nitrogens with one attached hydrogen (secondary N) is 1. The van der Waals surface area contributed by atoms with E-state index in [4.69, 9.17) is 16.3 Å². The maximum Gasteiger partial charge on any atom is 0.416 e. The van der Waals surface area contributed by atoms with Crippen LogP contribution in [0.1, 0.15) is 28.9 Å².